The smallest absolute Gasteiger partial charge is 0.337 e. The molecule has 0 bridgehead atoms. The molecular formula is C21H20N2O7. The first kappa shape index (κ1) is 20.8. The zero-order chi connectivity index (χ0) is 21.8. The van der Waals surface area contributed by atoms with Gasteiger partial charge in [-0.1, -0.05) is 0 Å². The first-order valence-corrected chi connectivity index (χ1v) is 8.97. The van der Waals surface area contributed by atoms with E-state index in [1.54, 1.807) is 24.3 Å². The highest BCUT2D eigenvalue weighted by atomic mass is 16.5. The van der Waals surface area contributed by atoms with E-state index in [1.807, 2.05) is 0 Å². The maximum atomic E-state index is 12.9. The third kappa shape index (κ3) is 4.09. The van der Waals surface area contributed by atoms with Crippen LogP contribution < -0.4 is 15.0 Å². The molecule has 0 saturated carbocycles. The lowest BCUT2D eigenvalue weighted by molar-refractivity contribution is -0.121. The second-order valence-corrected chi connectivity index (χ2v) is 6.45. The Kier molecular flexibility index (Phi) is 6.01. The summed E-state index contributed by atoms with van der Waals surface area (Å²) in [5.41, 5.74) is 0.938. The fraction of sp³-hybridized carbons (Fsp3) is 0.238. The van der Waals surface area contributed by atoms with Crippen LogP contribution in [-0.4, -0.2) is 51.1 Å². The van der Waals surface area contributed by atoms with Gasteiger partial charge in [-0.2, -0.15) is 0 Å². The molecule has 156 valence electrons. The molecule has 1 heterocycles. The number of carbonyl (C=O) groups excluding carboxylic acids is 4. The number of ether oxygens (including phenoxy) is 3. The van der Waals surface area contributed by atoms with Crippen LogP contribution in [-0.2, 0) is 19.1 Å². The van der Waals surface area contributed by atoms with Gasteiger partial charge in [-0.15, -0.1) is 0 Å². The maximum Gasteiger partial charge on any atom is 0.337 e. The van der Waals surface area contributed by atoms with Crippen molar-refractivity contribution in [1.82, 2.24) is 0 Å². The molecule has 2 aromatic rings. The van der Waals surface area contributed by atoms with Crippen molar-refractivity contribution < 1.29 is 33.4 Å². The fourth-order valence-electron chi connectivity index (χ4n) is 3.13. The zero-order valence-electron chi connectivity index (χ0n) is 16.6. The average Bonchev–Trinajstić information content (AvgIpc) is 3.05. The van der Waals surface area contributed by atoms with E-state index in [0.717, 1.165) is 4.90 Å². The van der Waals surface area contributed by atoms with Gasteiger partial charge in [0.2, 0.25) is 5.91 Å². The summed E-state index contributed by atoms with van der Waals surface area (Å²) in [5, 5.41) is 2.93. The maximum absolute atomic E-state index is 12.9. The summed E-state index contributed by atoms with van der Waals surface area (Å²) in [4.78, 5) is 50.3. The molecule has 0 radical (unpaired) electrons. The van der Waals surface area contributed by atoms with Crippen molar-refractivity contribution in [3.63, 3.8) is 0 Å². The van der Waals surface area contributed by atoms with Crippen molar-refractivity contribution in [2.75, 3.05) is 31.5 Å². The minimum Gasteiger partial charge on any atom is -0.497 e. The van der Waals surface area contributed by atoms with Crippen molar-refractivity contribution >= 4 is 35.1 Å². The lowest BCUT2D eigenvalue weighted by Crippen LogP contribution is -2.34. The Morgan fingerprint density at radius 3 is 2.00 bits per heavy atom. The van der Waals surface area contributed by atoms with Gasteiger partial charge >= 0.3 is 11.9 Å². The number of hydrogen-bond acceptors (Lipinski definition) is 8. The Morgan fingerprint density at radius 2 is 1.50 bits per heavy atom. The molecule has 1 N–H and O–H groups in total. The molecule has 0 aliphatic carbocycles. The van der Waals surface area contributed by atoms with Crippen LogP contribution in [0.25, 0.3) is 0 Å². The highest BCUT2D eigenvalue weighted by Crippen LogP contribution is 2.27. The number of anilines is 2. The van der Waals surface area contributed by atoms with E-state index < -0.39 is 23.9 Å². The number of carbonyl (C=O) groups is 4. The highest BCUT2D eigenvalue weighted by molar-refractivity contribution is 6.23. The summed E-state index contributed by atoms with van der Waals surface area (Å²) in [6.07, 6.45) is -0.0825. The van der Waals surface area contributed by atoms with Crippen LogP contribution in [0, 0.1) is 0 Å². The first-order valence-electron chi connectivity index (χ1n) is 8.97. The van der Waals surface area contributed by atoms with Gasteiger partial charge < -0.3 is 19.5 Å². The number of rotatable bonds is 6. The normalized spacial score (nSPS) is 15.7. The number of amides is 2. The number of imide groups is 1. The Bertz CT molecular complexity index is 967. The number of nitrogens with one attached hydrogen (secondary N) is 1. The molecule has 30 heavy (non-hydrogen) atoms. The molecule has 2 aromatic carbocycles. The van der Waals surface area contributed by atoms with Crippen LogP contribution in [0.15, 0.2) is 42.5 Å². The Balaban J connectivity index is 1.86. The number of benzene rings is 2. The van der Waals surface area contributed by atoms with Gasteiger partial charge in [0.25, 0.3) is 5.91 Å². The molecule has 0 spiro atoms. The predicted molar refractivity (Wildman–Crippen MR) is 107 cm³/mol. The second kappa shape index (κ2) is 8.64. The summed E-state index contributed by atoms with van der Waals surface area (Å²) in [7, 11) is 3.95. The minimum atomic E-state index is -0.863. The van der Waals surface area contributed by atoms with Gasteiger partial charge in [-0.3, -0.25) is 9.59 Å². The van der Waals surface area contributed by atoms with Crippen molar-refractivity contribution in [2.24, 2.45) is 0 Å². The summed E-state index contributed by atoms with van der Waals surface area (Å²) >= 11 is 0. The average molecular weight is 412 g/mol. The summed E-state index contributed by atoms with van der Waals surface area (Å²) in [5.74, 6) is -1.54. The van der Waals surface area contributed by atoms with Crippen molar-refractivity contribution in [3.05, 3.63) is 53.6 Å². The molecule has 3 rings (SSSR count). The van der Waals surface area contributed by atoms with Crippen molar-refractivity contribution in [2.45, 2.75) is 12.5 Å². The van der Waals surface area contributed by atoms with Crippen molar-refractivity contribution in [3.8, 4) is 5.75 Å². The lowest BCUT2D eigenvalue weighted by atomic mass is 10.1. The van der Waals surface area contributed by atoms with E-state index in [4.69, 9.17) is 14.2 Å². The lowest BCUT2D eigenvalue weighted by Gasteiger charge is -2.17. The van der Waals surface area contributed by atoms with Crippen LogP contribution in [0.2, 0.25) is 0 Å². The molecule has 0 unspecified atom stereocenters. The molecule has 9 heteroatoms. The summed E-state index contributed by atoms with van der Waals surface area (Å²) < 4.78 is 14.5. The van der Waals surface area contributed by atoms with Gasteiger partial charge in [0.1, 0.15) is 11.8 Å². The van der Waals surface area contributed by atoms with E-state index in [0.29, 0.717) is 17.1 Å². The molecule has 1 fully saturated rings. The molecule has 1 atom stereocenters. The van der Waals surface area contributed by atoms with Crippen molar-refractivity contribution in [1.29, 1.82) is 0 Å². The van der Waals surface area contributed by atoms with Crippen LogP contribution >= 0.6 is 0 Å². The third-order valence-corrected chi connectivity index (χ3v) is 4.59. The summed E-state index contributed by atoms with van der Waals surface area (Å²) in [6, 6.07) is 9.87. The Hall–Kier alpha value is -3.88. The Labute approximate surface area is 172 Å². The van der Waals surface area contributed by atoms with E-state index >= 15 is 0 Å². The van der Waals surface area contributed by atoms with E-state index in [-0.39, 0.29) is 23.5 Å². The topological polar surface area (TPSA) is 111 Å². The number of methoxy groups -OCH3 is 3. The van der Waals surface area contributed by atoms with E-state index in [9.17, 15) is 19.2 Å². The van der Waals surface area contributed by atoms with Crippen LogP contribution in [0.5, 0.6) is 5.75 Å². The van der Waals surface area contributed by atoms with Crippen LogP contribution in [0.3, 0.4) is 0 Å². The minimum absolute atomic E-state index is 0.0825. The zero-order valence-corrected chi connectivity index (χ0v) is 16.6. The monoisotopic (exact) mass is 412 g/mol. The molecular weight excluding hydrogens is 392 g/mol. The Morgan fingerprint density at radius 1 is 0.933 bits per heavy atom. The number of esters is 2. The van der Waals surface area contributed by atoms with Gasteiger partial charge in [0.05, 0.1) is 44.6 Å². The standard InChI is InChI=1S/C21H20N2O7/c1-28-16-6-4-15(5-7-16)23-18(24)11-17(19(23)25)22-14-9-12(20(26)29-2)8-13(10-14)21(27)30-3/h4-10,17,22H,11H2,1-3H3/t17-/m0/s1. The van der Waals surface area contributed by atoms with Gasteiger partial charge in [-0.25, -0.2) is 14.5 Å². The second-order valence-electron chi connectivity index (χ2n) is 6.45. The van der Waals surface area contributed by atoms with Gasteiger partial charge in [0, 0.05) is 5.69 Å². The third-order valence-electron chi connectivity index (χ3n) is 4.59. The number of hydrogen-bond donors (Lipinski definition) is 1. The molecule has 9 nitrogen and oxygen atoms in total. The SMILES string of the molecule is COC(=O)c1cc(N[C@H]2CC(=O)N(c3ccc(OC)cc3)C2=O)cc(C(=O)OC)c1. The quantitative estimate of drug-likeness (QED) is 0.567. The first-order chi connectivity index (χ1) is 14.4. The van der Waals surface area contributed by atoms with Gasteiger partial charge in [0.15, 0.2) is 0 Å². The predicted octanol–water partition coefficient (Wildman–Crippen LogP) is 2.01. The van der Waals surface area contributed by atoms with E-state index in [1.165, 1.54) is 39.5 Å². The molecule has 2 amide bonds. The highest BCUT2D eigenvalue weighted by Gasteiger charge is 2.39. The van der Waals surface area contributed by atoms with E-state index in [2.05, 4.69) is 5.32 Å². The fourth-order valence-corrected chi connectivity index (χ4v) is 3.13. The van der Waals surface area contributed by atoms with Crippen LogP contribution in [0.4, 0.5) is 11.4 Å². The molecule has 1 saturated heterocycles. The van der Waals surface area contributed by atoms with Crippen LogP contribution in [0.1, 0.15) is 27.1 Å². The summed E-state index contributed by atoms with van der Waals surface area (Å²) in [6.45, 7) is 0. The van der Waals surface area contributed by atoms with Gasteiger partial charge in [-0.05, 0) is 42.5 Å². The molecule has 1 aliphatic heterocycles. The largest absolute Gasteiger partial charge is 0.497 e. The number of nitrogens with zero attached hydrogens (tertiary/aromatic N) is 1. The molecule has 0 aromatic heterocycles. The molecule has 1 aliphatic rings.